The number of thioether (sulfide) groups is 1. The zero-order chi connectivity index (χ0) is 14.6. The summed E-state index contributed by atoms with van der Waals surface area (Å²) in [7, 11) is 0. The zero-order valence-corrected chi connectivity index (χ0v) is 13.9. The Hall–Kier alpha value is -0.480. The fraction of sp³-hybridized carbons (Fsp3) is 0.824. The van der Waals surface area contributed by atoms with Gasteiger partial charge in [-0.05, 0) is 75.5 Å². The van der Waals surface area contributed by atoms with Gasteiger partial charge in [-0.2, -0.15) is 0 Å². The largest absolute Gasteiger partial charge is 0.437 e. The van der Waals surface area contributed by atoms with Crippen LogP contribution in [0.2, 0.25) is 0 Å². The molecular weight excluding hydrogens is 280 g/mol. The van der Waals surface area contributed by atoms with Gasteiger partial charge in [-0.25, -0.2) is 4.98 Å². The van der Waals surface area contributed by atoms with E-state index in [0.29, 0.717) is 11.5 Å². The van der Waals surface area contributed by atoms with Crippen LogP contribution in [0, 0.1) is 37.0 Å². The molecule has 4 heteroatoms. The standard InChI is InChI=1S/C17H26N2OS/c1-10-11(2)20-16(19-10)21-9-15(18)17-6-12-3-13(7-17)5-14(4-12)8-17/h12-15H,3-9,18H2,1-2H3. The van der Waals surface area contributed by atoms with Crippen molar-refractivity contribution in [2.45, 2.75) is 63.6 Å². The zero-order valence-electron chi connectivity index (χ0n) is 13.1. The van der Waals surface area contributed by atoms with E-state index >= 15 is 0 Å². The van der Waals surface area contributed by atoms with Crippen molar-refractivity contribution in [2.24, 2.45) is 28.9 Å². The lowest BCUT2D eigenvalue weighted by atomic mass is 9.48. The summed E-state index contributed by atoms with van der Waals surface area (Å²) in [5, 5.41) is 0.796. The van der Waals surface area contributed by atoms with Gasteiger partial charge in [-0.1, -0.05) is 11.8 Å². The van der Waals surface area contributed by atoms with Crippen LogP contribution in [0.4, 0.5) is 0 Å². The van der Waals surface area contributed by atoms with Crippen LogP contribution < -0.4 is 5.73 Å². The van der Waals surface area contributed by atoms with Crippen LogP contribution >= 0.6 is 11.8 Å². The van der Waals surface area contributed by atoms with Crippen LogP contribution in [0.3, 0.4) is 0 Å². The van der Waals surface area contributed by atoms with Crippen LogP contribution in [-0.4, -0.2) is 16.8 Å². The maximum Gasteiger partial charge on any atom is 0.256 e. The van der Waals surface area contributed by atoms with Gasteiger partial charge in [-0.3, -0.25) is 0 Å². The molecule has 4 saturated carbocycles. The molecule has 1 unspecified atom stereocenters. The fourth-order valence-electron chi connectivity index (χ4n) is 5.47. The summed E-state index contributed by atoms with van der Waals surface area (Å²) in [6.07, 6.45) is 8.59. The van der Waals surface area contributed by atoms with E-state index in [9.17, 15) is 0 Å². The predicted octanol–water partition coefficient (Wildman–Crippen LogP) is 3.93. The molecule has 4 fully saturated rings. The summed E-state index contributed by atoms with van der Waals surface area (Å²) in [5.74, 6) is 4.79. The van der Waals surface area contributed by atoms with E-state index in [0.717, 1.165) is 40.2 Å². The van der Waals surface area contributed by atoms with Crippen LogP contribution in [0.5, 0.6) is 0 Å². The molecule has 0 saturated heterocycles. The van der Waals surface area contributed by atoms with Gasteiger partial charge in [-0.15, -0.1) is 0 Å². The second kappa shape index (κ2) is 5.02. The van der Waals surface area contributed by atoms with Crippen molar-refractivity contribution in [3.05, 3.63) is 11.5 Å². The van der Waals surface area contributed by atoms with Gasteiger partial charge in [0.1, 0.15) is 5.76 Å². The number of aromatic nitrogens is 1. The highest BCUT2D eigenvalue weighted by atomic mass is 32.2. The Morgan fingerprint density at radius 2 is 1.76 bits per heavy atom. The Kier molecular flexibility index (Phi) is 3.38. The summed E-state index contributed by atoms with van der Waals surface area (Å²) in [5.41, 5.74) is 8.11. The van der Waals surface area contributed by atoms with Crippen molar-refractivity contribution in [3.8, 4) is 0 Å². The molecule has 0 amide bonds. The molecule has 1 aromatic heterocycles. The third kappa shape index (κ3) is 2.44. The molecule has 0 radical (unpaired) electrons. The van der Waals surface area contributed by atoms with Crippen LogP contribution in [0.1, 0.15) is 50.0 Å². The lowest BCUT2D eigenvalue weighted by molar-refractivity contribution is -0.0629. The molecule has 2 N–H and O–H groups in total. The number of aryl methyl sites for hydroxylation is 2. The maximum absolute atomic E-state index is 6.68. The number of nitrogens with two attached hydrogens (primary N) is 1. The average Bonchev–Trinajstić information content (AvgIpc) is 2.73. The smallest absolute Gasteiger partial charge is 0.256 e. The second-order valence-corrected chi connectivity index (χ2v) is 8.79. The molecule has 4 aliphatic rings. The van der Waals surface area contributed by atoms with Gasteiger partial charge in [0.2, 0.25) is 0 Å². The minimum absolute atomic E-state index is 0.295. The first-order valence-electron chi connectivity index (χ1n) is 8.36. The van der Waals surface area contributed by atoms with E-state index in [1.165, 1.54) is 38.5 Å². The molecule has 116 valence electrons. The highest BCUT2D eigenvalue weighted by Gasteiger charge is 2.53. The topological polar surface area (TPSA) is 52.0 Å². The first kappa shape index (κ1) is 14.1. The number of oxazole rings is 1. The van der Waals surface area contributed by atoms with E-state index in [4.69, 9.17) is 10.2 Å². The SMILES string of the molecule is Cc1nc(SCC(N)C23CC4CC(CC(C4)C2)C3)oc1C. The first-order valence-corrected chi connectivity index (χ1v) is 9.35. The monoisotopic (exact) mass is 306 g/mol. The molecule has 21 heavy (non-hydrogen) atoms. The Morgan fingerprint density at radius 3 is 2.24 bits per heavy atom. The van der Waals surface area contributed by atoms with Crippen molar-refractivity contribution in [2.75, 3.05) is 5.75 Å². The first-order chi connectivity index (χ1) is 10.0. The predicted molar refractivity (Wildman–Crippen MR) is 85.3 cm³/mol. The molecule has 3 nitrogen and oxygen atoms in total. The quantitative estimate of drug-likeness (QED) is 0.856. The Balaban J connectivity index is 1.44. The minimum Gasteiger partial charge on any atom is -0.437 e. The normalized spacial score (nSPS) is 38.9. The molecule has 0 spiro atoms. The maximum atomic E-state index is 6.68. The number of nitrogens with zero attached hydrogens (tertiary/aromatic N) is 1. The highest BCUT2D eigenvalue weighted by molar-refractivity contribution is 7.99. The van der Waals surface area contributed by atoms with Crippen LogP contribution in [-0.2, 0) is 0 Å². The second-order valence-electron chi connectivity index (χ2n) is 7.82. The van der Waals surface area contributed by atoms with Crippen molar-refractivity contribution in [1.29, 1.82) is 0 Å². The molecule has 1 atom stereocenters. The fourth-order valence-corrected chi connectivity index (χ4v) is 6.54. The molecule has 0 aliphatic heterocycles. The van der Waals surface area contributed by atoms with Crippen LogP contribution in [0.15, 0.2) is 9.64 Å². The minimum atomic E-state index is 0.295. The third-order valence-corrected chi connectivity index (χ3v) is 7.21. The van der Waals surface area contributed by atoms with Gasteiger partial charge >= 0.3 is 0 Å². The Bertz CT molecular complexity index is 484. The van der Waals surface area contributed by atoms with E-state index in [-0.39, 0.29) is 0 Å². The lowest BCUT2D eigenvalue weighted by Crippen LogP contribution is -2.55. The van der Waals surface area contributed by atoms with Gasteiger partial charge in [0.25, 0.3) is 5.22 Å². The molecule has 4 bridgehead atoms. The average molecular weight is 306 g/mol. The molecule has 5 rings (SSSR count). The third-order valence-electron chi connectivity index (χ3n) is 6.27. The van der Waals surface area contributed by atoms with Crippen molar-refractivity contribution >= 4 is 11.8 Å². The van der Waals surface area contributed by atoms with E-state index in [1.807, 2.05) is 13.8 Å². The van der Waals surface area contributed by atoms with Gasteiger partial charge in [0, 0.05) is 11.8 Å². The Morgan fingerprint density at radius 1 is 1.19 bits per heavy atom. The van der Waals surface area contributed by atoms with Crippen molar-refractivity contribution in [1.82, 2.24) is 4.98 Å². The van der Waals surface area contributed by atoms with Gasteiger partial charge < -0.3 is 10.2 Å². The molecule has 1 aromatic rings. The van der Waals surface area contributed by atoms with Crippen molar-refractivity contribution in [3.63, 3.8) is 0 Å². The van der Waals surface area contributed by atoms with E-state index < -0.39 is 0 Å². The summed E-state index contributed by atoms with van der Waals surface area (Å²) in [4.78, 5) is 4.47. The summed E-state index contributed by atoms with van der Waals surface area (Å²) in [6, 6.07) is 0.295. The molecule has 4 aliphatic carbocycles. The molecule has 0 aromatic carbocycles. The molecular formula is C17H26N2OS. The number of hydrogen-bond acceptors (Lipinski definition) is 4. The summed E-state index contributed by atoms with van der Waals surface area (Å²) < 4.78 is 5.68. The van der Waals surface area contributed by atoms with Gasteiger partial charge in [0.15, 0.2) is 0 Å². The van der Waals surface area contributed by atoms with Crippen molar-refractivity contribution < 1.29 is 4.42 Å². The summed E-state index contributed by atoms with van der Waals surface area (Å²) >= 11 is 1.71. The molecule has 1 heterocycles. The lowest BCUT2D eigenvalue weighted by Gasteiger charge is -2.58. The number of rotatable bonds is 4. The Labute approximate surface area is 131 Å². The van der Waals surface area contributed by atoms with Crippen LogP contribution in [0.25, 0.3) is 0 Å². The van der Waals surface area contributed by atoms with E-state index in [1.54, 1.807) is 11.8 Å². The summed E-state index contributed by atoms with van der Waals surface area (Å²) in [6.45, 7) is 3.98. The van der Waals surface area contributed by atoms with E-state index in [2.05, 4.69) is 4.98 Å². The highest BCUT2D eigenvalue weighted by Crippen LogP contribution is 2.61. The number of hydrogen-bond donors (Lipinski definition) is 1. The van der Waals surface area contributed by atoms with Gasteiger partial charge in [0.05, 0.1) is 5.69 Å².